The van der Waals surface area contributed by atoms with Crippen LogP contribution in [-0.4, -0.2) is 17.8 Å². The van der Waals surface area contributed by atoms with E-state index in [0.29, 0.717) is 11.8 Å². The summed E-state index contributed by atoms with van der Waals surface area (Å²) in [4.78, 5) is 0. The van der Waals surface area contributed by atoms with Crippen molar-refractivity contribution < 1.29 is 14.2 Å². The molecule has 2 rings (SSSR count). The molecule has 0 spiro atoms. The predicted octanol–water partition coefficient (Wildman–Crippen LogP) is 4.22. The Labute approximate surface area is 119 Å². The second-order valence-corrected chi connectivity index (χ2v) is 5.70. The number of benzene rings is 2. The van der Waals surface area contributed by atoms with E-state index in [9.17, 15) is 9.50 Å². The van der Waals surface area contributed by atoms with Crippen molar-refractivity contribution in [1.29, 1.82) is 0 Å². The molecule has 0 fully saturated rings. The number of hydrogen-bond donors (Lipinski definition) is 1. The summed E-state index contributed by atoms with van der Waals surface area (Å²) in [7, 11) is 1.67. The number of aliphatic hydroxyl groups excluding tert-OH is 1. The highest BCUT2D eigenvalue weighted by molar-refractivity contribution is 5.86. The molecule has 20 heavy (non-hydrogen) atoms. The zero-order valence-electron chi connectivity index (χ0n) is 12.2. The van der Waals surface area contributed by atoms with Crippen LogP contribution in [0.2, 0.25) is 0 Å². The van der Waals surface area contributed by atoms with Crippen molar-refractivity contribution in [3.63, 3.8) is 0 Å². The van der Waals surface area contributed by atoms with Gasteiger partial charge in [0.25, 0.3) is 0 Å². The number of rotatable bonds is 5. The molecule has 1 unspecified atom stereocenters. The van der Waals surface area contributed by atoms with Gasteiger partial charge in [0.2, 0.25) is 0 Å². The monoisotopic (exact) mass is 276 g/mol. The molecule has 1 atom stereocenters. The topological polar surface area (TPSA) is 29.5 Å². The van der Waals surface area contributed by atoms with E-state index >= 15 is 0 Å². The first kappa shape index (κ1) is 14.9. The third-order valence-corrected chi connectivity index (χ3v) is 3.84. The Morgan fingerprint density at radius 3 is 2.45 bits per heavy atom. The lowest BCUT2D eigenvalue weighted by atomic mass is 9.93. The Balaban J connectivity index is 2.27. The lowest BCUT2D eigenvalue weighted by Crippen LogP contribution is -2.23. The van der Waals surface area contributed by atoms with Crippen LogP contribution in [0.15, 0.2) is 36.4 Å². The van der Waals surface area contributed by atoms with Gasteiger partial charge in [-0.3, -0.25) is 0 Å². The maximum absolute atomic E-state index is 13.8. The predicted molar refractivity (Wildman–Crippen MR) is 79.2 cm³/mol. The van der Waals surface area contributed by atoms with Gasteiger partial charge < -0.3 is 9.84 Å². The first-order chi connectivity index (χ1) is 9.44. The fourth-order valence-electron chi connectivity index (χ4n) is 2.32. The quantitative estimate of drug-likeness (QED) is 0.886. The van der Waals surface area contributed by atoms with Crippen LogP contribution in [0.5, 0.6) is 0 Å². The van der Waals surface area contributed by atoms with Crippen LogP contribution in [0.1, 0.15) is 38.4 Å². The van der Waals surface area contributed by atoms with E-state index in [-0.39, 0.29) is 11.4 Å². The molecule has 0 bridgehead atoms. The van der Waals surface area contributed by atoms with Crippen molar-refractivity contribution in [2.24, 2.45) is 0 Å². The Morgan fingerprint density at radius 2 is 1.80 bits per heavy atom. The van der Waals surface area contributed by atoms with Gasteiger partial charge in [0.1, 0.15) is 5.82 Å². The summed E-state index contributed by atoms with van der Waals surface area (Å²) in [6, 6.07) is 10.3. The molecular weight excluding hydrogens is 255 g/mol. The Morgan fingerprint density at radius 1 is 1.15 bits per heavy atom. The van der Waals surface area contributed by atoms with Crippen LogP contribution >= 0.6 is 0 Å². The summed E-state index contributed by atoms with van der Waals surface area (Å²) in [5.74, 6) is -0.256. The molecule has 1 N–H and O–H groups in total. The Bertz CT molecular complexity index is 593. The highest BCUT2D eigenvalue weighted by atomic mass is 19.1. The minimum Gasteiger partial charge on any atom is -0.388 e. The van der Waals surface area contributed by atoms with E-state index in [0.717, 1.165) is 17.4 Å². The van der Waals surface area contributed by atoms with E-state index in [4.69, 9.17) is 4.74 Å². The molecular formula is C17H21FO2. The van der Waals surface area contributed by atoms with Crippen molar-refractivity contribution in [1.82, 2.24) is 0 Å². The van der Waals surface area contributed by atoms with Gasteiger partial charge in [0.05, 0.1) is 11.7 Å². The molecule has 0 aliphatic heterocycles. The van der Waals surface area contributed by atoms with E-state index in [2.05, 4.69) is 0 Å². The van der Waals surface area contributed by atoms with Crippen molar-refractivity contribution >= 4 is 10.8 Å². The summed E-state index contributed by atoms with van der Waals surface area (Å²) in [5, 5.41) is 11.7. The van der Waals surface area contributed by atoms with Gasteiger partial charge >= 0.3 is 0 Å². The van der Waals surface area contributed by atoms with Crippen LogP contribution in [0.4, 0.5) is 4.39 Å². The highest BCUT2D eigenvalue weighted by Crippen LogP contribution is 2.30. The van der Waals surface area contributed by atoms with Crippen molar-refractivity contribution in [3.8, 4) is 0 Å². The summed E-state index contributed by atoms with van der Waals surface area (Å²) in [6.45, 7) is 3.98. The van der Waals surface area contributed by atoms with E-state index < -0.39 is 6.10 Å². The van der Waals surface area contributed by atoms with Crippen LogP contribution in [0.3, 0.4) is 0 Å². The van der Waals surface area contributed by atoms with E-state index in [1.807, 2.05) is 26.0 Å². The molecule has 2 nitrogen and oxygen atoms in total. The fraction of sp³-hybridized carbons (Fsp3) is 0.412. The molecule has 3 heteroatoms. The van der Waals surface area contributed by atoms with E-state index in [1.54, 1.807) is 25.3 Å². The van der Waals surface area contributed by atoms with Gasteiger partial charge in [-0.25, -0.2) is 4.39 Å². The van der Waals surface area contributed by atoms with Crippen LogP contribution in [0, 0.1) is 5.82 Å². The normalized spacial score (nSPS) is 13.7. The van der Waals surface area contributed by atoms with Gasteiger partial charge in [0.15, 0.2) is 0 Å². The zero-order valence-corrected chi connectivity index (χ0v) is 12.2. The molecule has 108 valence electrons. The maximum Gasteiger partial charge on any atom is 0.131 e. The molecule has 0 heterocycles. The van der Waals surface area contributed by atoms with Crippen molar-refractivity contribution in [2.75, 3.05) is 7.11 Å². The first-order valence-corrected chi connectivity index (χ1v) is 6.85. The molecule has 0 aliphatic rings. The lowest BCUT2D eigenvalue weighted by molar-refractivity contribution is 0.00291. The minimum absolute atomic E-state index is 0.256. The smallest absolute Gasteiger partial charge is 0.131 e. The zero-order chi connectivity index (χ0) is 14.8. The molecule has 0 aliphatic carbocycles. The number of fused-ring (bicyclic) bond motifs is 1. The van der Waals surface area contributed by atoms with Gasteiger partial charge in [0, 0.05) is 12.5 Å². The number of ether oxygens (including phenoxy) is 1. The molecule has 0 amide bonds. The number of hydrogen-bond acceptors (Lipinski definition) is 2. The number of methoxy groups -OCH3 is 1. The summed E-state index contributed by atoms with van der Waals surface area (Å²) in [6.07, 6.45) is 0.697. The number of aliphatic hydroxyl groups is 1. The maximum atomic E-state index is 13.8. The second-order valence-electron chi connectivity index (χ2n) is 5.70. The van der Waals surface area contributed by atoms with Gasteiger partial charge in [-0.15, -0.1) is 0 Å². The fourth-order valence-corrected chi connectivity index (χ4v) is 2.32. The SMILES string of the molecule is COC(C)(C)CCC(O)c1ccc(F)c2ccccc12. The third kappa shape index (κ3) is 3.17. The Hall–Kier alpha value is -1.45. The van der Waals surface area contributed by atoms with Crippen LogP contribution in [0.25, 0.3) is 10.8 Å². The standard InChI is InChI=1S/C17H21FO2/c1-17(2,20-3)11-10-16(19)14-8-9-15(18)13-7-5-4-6-12(13)14/h4-9,16,19H,10-11H2,1-3H3. The molecule has 0 saturated carbocycles. The first-order valence-electron chi connectivity index (χ1n) is 6.85. The molecule has 0 aromatic heterocycles. The average molecular weight is 276 g/mol. The van der Waals surface area contributed by atoms with Crippen molar-refractivity contribution in [3.05, 3.63) is 47.8 Å². The van der Waals surface area contributed by atoms with Gasteiger partial charge in [-0.2, -0.15) is 0 Å². The van der Waals surface area contributed by atoms with Gasteiger partial charge in [-0.1, -0.05) is 30.3 Å². The summed E-state index contributed by atoms with van der Waals surface area (Å²) < 4.78 is 19.1. The largest absolute Gasteiger partial charge is 0.388 e. The highest BCUT2D eigenvalue weighted by Gasteiger charge is 2.20. The average Bonchev–Trinajstić information content (AvgIpc) is 2.46. The van der Waals surface area contributed by atoms with Crippen LogP contribution in [-0.2, 0) is 4.74 Å². The number of halogens is 1. The second kappa shape index (κ2) is 5.90. The van der Waals surface area contributed by atoms with E-state index in [1.165, 1.54) is 6.07 Å². The summed E-state index contributed by atoms with van der Waals surface area (Å²) in [5.41, 5.74) is 0.505. The molecule has 0 radical (unpaired) electrons. The molecule has 0 saturated heterocycles. The minimum atomic E-state index is -0.616. The summed E-state index contributed by atoms with van der Waals surface area (Å²) >= 11 is 0. The molecule has 2 aromatic rings. The van der Waals surface area contributed by atoms with Gasteiger partial charge in [-0.05, 0) is 43.7 Å². The van der Waals surface area contributed by atoms with Crippen LogP contribution < -0.4 is 0 Å². The third-order valence-electron chi connectivity index (χ3n) is 3.84. The Kier molecular flexibility index (Phi) is 4.41. The molecule has 2 aromatic carbocycles. The van der Waals surface area contributed by atoms with Crippen molar-refractivity contribution in [2.45, 2.75) is 38.4 Å². The lowest BCUT2D eigenvalue weighted by Gasteiger charge is -2.24.